The summed E-state index contributed by atoms with van der Waals surface area (Å²) >= 11 is 3.41. The minimum Gasteiger partial charge on any atom is -1.00 e. The first-order valence-electron chi connectivity index (χ1n) is 3.83. The monoisotopic (exact) mass is 264 g/mol. The van der Waals surface area contributed by atoms with Crippen LogP contribution in [0.4, 0.5) is 0 Å². The van der Waals surface area contributed by atoms with Crippen LogP contribution in [-0.4, -0.2) is 13.2 Å². The summed E-state index contributed by atoms with van der Waals surface area (Å²) in [4.78, 5) is 0. The number of rotatable bonds is 3. The zero-order valence-electron chi connectivity index (χ0n) is 7.39. The van der Waals surface area contributed by atoms with E-state index in [0.29, 0.717) is 13.2 Å². The number of halogens is 2. The van der Waals surface area contributed by atoms with Crippen molar-refractivity contribution in [3.8, 4) is 5.75 Å². The average molecular weight is 266 g/mol. The van der Waals surface area contributed by atoms with Gasteiger partial charge in [-0.1, -0.05) is 6.07 Å². The van der Waals surface area contributed by atoms with Gasteiger partial charge < -0.3 is 22.9 Å². The molecule has 74 valence electrons. The average Bonchev–Trinajstić information content (AvgIpc) is 2.03. The standard InChI is InChI=1S/C9H12BrNO.ClH/c1-7-2-3-9(8(10)6-7)12-5-4-11;/h2-3,6H,4-5,11H2,1H3;1H/p-1. The van der Waals surface area contributed by atoms with Crippen molar-refractivity contribution in [1.82, 2.24) is 0 Å². The van der Waals surface area contributed by atoms with Crippen molar-refractivity contribution in [2.75, 3.05) is 13.2 Å². The molecular weight excluding hydrogens is 253 g/mol. The summed E-state index contributed by atoms with van der Waals surface area (Å²) in [6.45, 7) is 3.14. The first-order valence-corrected chi connectivity index (χ1v) is 4.62. The second kappa shape index (κ2) is 6.24. The molecule has 0 saturated heterocycles. The fraction of sp³-hybridized carbons (Fsp3) is 0.333. The van der Waals surface area contributed by atoms with Gasteiger partial charge >= 0.3 is 0 Å². The lowest BCUT2D eigenvalue weighted by Crippen LogP contribution is -3.00. The summed E-state index contributed by atoms with van der Waals surface area (Å²) < 4.78 is 6.35. The molecule has 0 aliphatic carbocycles. The molecule has 13 heavy (non-hydrogen) atoms. The van der Waals surface area contributed by atoms with Gasteiger partial charge in [0, 0.05) is 6.54 Å². The smallest absolute Gasteiger partial charge is 0.133 e. The second-order valence-corrected chi connectivity index (χ2v) is 3.43. The summed E-state index contributed by atoms with van der Waals surface area (Å²) in [7, 11) is 0. The minimum absolute atomic E-state index is 0. The molecule has 2 N–H and O–H groups in total. The van der Waals surface area contributed by atoms with Crippen LogP contribution in [-0.2, 0) is 0 Å². The topological polar surface area (TPSA) is 35.2 Å². The molecule has 4 heteroatoms. The molecule has 0 saturated carbocycles. The van der Waals surface area contributed by atoms with Crippen molar-refractivity contribution >= 4 is 15.9 Å². The van der Waals surface area contributed by atoms with E-state index in [1.807, 2.05) is 25.1 Å². The zero-order chi connectivity index (χ0) is 8.97. The maximum atomic E-state index is 5.37. The zero-order valence-corrected chi connectivity index (χ0v) is 9.73. The number of nitrogens with two attached hydrogens (primary N) is 1. The van der Waals surface area contributed by atoms with Crippen LogP contribution in [0.5, 0.6) is 5.75 Å². The summed E-state index contributed by atoms with van der Waals surface area (Å²) in [5.74, 6) is 0.853. The lowest BCUT2D eigenvalue weighted by atomic mass is 10.2. The van der Waals surface area contributed by atoms with Gasteiger partial charge in [-0.3, -0.25) is 0 Å². The molecule has 0 fully saturated rings. The van der Waals surface area contributed by atoms with Crippen molar-refractivity contribution in [3.63, 3.8) is 0 Å². The molecule has 0 bridgehead atoms. The van der Waals surface area contributed by atoms with Gasteiger partial charge in [0.1, 0.15) is 12.4 Å². The molecule has 1 aromatic carbocycles. The van der Waals surface area contributed by atoms with Crippen molar-refractivity contribution in [1.29, 1.82) is 0 Å². The Kier molecular flexibility index (Phi) is 6.12. The maximum absolute atomic E-state index is 5.37. The van der Waals surface area contributed by atoms with Crippen molar-refractivity contribution in [2.24, 2.45) is 5.73 Å². The van der Waals surface area contributed by atoms with Crippen LogP contribution >= 0.6 is 15.9 Å². The lowest BCUT2D eigenvalue weighted by Gasteiger charge is -2.06. The maximum Gasteiger partial charge on any atom is 0.133 e. The highest BCUT2D eigenvalue weighted by molar-refractivity contribution is 9.10. The van der Waals surface area contributed by atoms with Crippen molar-refractivity contribution in [3.05, 3.63) is 28.2 Å². The predicted molar refractivity (Wildman–Crippen MR) is 53.4 cm³/mol. The third-order valence-electron chi connectivity index (χ3n) is 1.46. The van der Waals surface area contributed by atoms with E-state index in [4.69, 9.17) is 10.5 Å². The minimum atomic E-state index is 0. The Bertz CT molecular complexity index is 268. The largest absolute Gasteiger partial charge is 1.00 e. The predicted octanol–water partition coefficient (Wildman–Crippen LogP) is -0.901. The molecule has 0 radical (unpaired) electrons. The van der Waals surface area contributed by atoms with Crippen LogP contribution < -0.4 is 22.9 Å². The van der Waals surface area contributed by atoms with Gasteiger partial charge in [-0.15, -0.1) is 0 Å². The highest BCUT2D eigenvalue weighted by atomic mass is 79.9. The number of hydrogen-bond acceptors (Lipinski definition) is 2. The van der Waals surface area contributed by atoms with Crippen LogP contribution in [0.2, 0.25) is 0 Å². The fourth-order valence-corrected chi connectivity index (χ4v) is 1.50. The summed E-state index contributed by atoms with van der Waals surface area (Å²) in [5.41, 5.74) is 6.53. The third-order valence-corrected chi connectivity index (χ3v) is 2.08. The molecule has 0 aromatic heterocycles. The Morgan fingerprint density at radius 2 is 2.15 bits per heavy atom. The molecule has 1 aromatic rings. The van der Waals surface area contributed by atoms with E-state index >= 15 is 0 Å². The first-order chi connectivity index (χ1) is 5.74. The Hall–Kier alpha value is -0.250. The molecular formula is C9H12BrClNO-. The van der Waals surface area contributed by atoms with Gasteiger partial charge in [0.15, 0.2) is 0 Å². The normalized spacial score (nSPS) is 9.15. The van der Waals surface area contributed by atoms with E-state index < -0.39 is 0 Å². The quantitative estimate of drug-likeness (QED) is 0.769. The van der Waals surface area contributed by atoms with Gasteiger partial charge in [0.25, 0.3) is 0 Å². The van der Waals surface area contributed by atoms with Gasteiger partial charge in [-0.2, -0.15) is 0 Å². The number of hydrogen-bond donors (Lipinski definition) is 1. The highest BCUT2D eigenvalue weighted by Gasteiger charge is 1.99. The lowest BCUT2D eigenvalue weighted by molar-refractivity contribution is -0.00000292. The van der Waals surface area contributed by atoms with E-state index in [1.165, 1.54) is 5.56 Å². The number of ether oxygens (including phenoxy) is 1. The Morgan fingerprint density at radius 1 is 1.46 bits per heavy atom. The molecule has 2 nitrogen and oxygen atoms in total. The van der Waals surface area contributed by atoms with Crippen LogP contribution in [0, 0.1) is 6.92 Å². The fourth-order valence-electron chi connectivity index (χ4n) is 0.892. The van der Waals surface area contributed by atoms with Crippen molar-refractivity contribution < 1.29 is 17.1 Å². The first kappa shape index (κ1) is 12.8. The highest BCUT2D eigenvalue weighted by Crippen LogP contribution is 2.25. The summed E-state index contributed by atoms with van der Waals surface area (Å²) in [5, 5.41) is 0. The molecule has 0 heterocycles. The van der Waals surface area contributed by atoms with Gasteiger partial charge in [-0.05, 0) is 40.5 Å². The molecule has 0 spiro atoms. The summed E-state index contributed by atoms with van der Waals surface area (Å²) in [6, 6.07) is 5.97. The molecule has 0 amide bonds. The number of aryl methyl sites for hydroxylation is 1. The van der Waals surface area contributed by atoms with E-state index in [2.05, 4.69) is 15.9 Å². The van der Waals surface area contributed by atoms with Crippen LogP contribution in [0.3, 0.4) is 0 Å². The molecule has 1 rings (SSSR count). The van der Waals surface area contributed by atoms with Crippen LogP contribution in [0.15, 0.2) is 22.7 Å². The van der Waals surface area contributed by atoms with Crippen LogP contribution in [0.1, 0.15) is 5.56 Å². The Morgan fingerprint density at radius 3 is 2.69 bits per heavy atom. The SMILES string of the molecule is Cc1ccc(OCCN)c(Br)c1.[Cl-]. The van der Waals surface area contributed by atoms with E-state index in [-0.39, 0.29) is 12.4 Å². The van der Waals surface area contributed by atoms with Crippen molar-refractivity contribution in [2.45, 2.75) is 6.92 Å². The third kappa shape index (κ3) is 3.98. The molecule has 0 unspecified atom stereocenters. The van der Waals surface area contributed by atoms with Gasteiger partial charge in [0.05, 0.1) is 4.47 Å². The Balaban J connectivity index is 0.00000144. The molecule has 0 atom stereocenters. The van der Waals surface area contributed by atoms with E-state index in [9.17, 15) is 0 Å². The number of benzene rings is 1. The van der Waals surface area contributed by atoms with Crippen LogP contribution in [0.25, 0.3) is 0 Å². The molecule has 0 aliphatic heterocycles. The van der Waals surface area contributed by atoms with E-state index in [0.717, 1.165) is 10.2 Å². The van der Waals surface area contributed by atoms with E-state index in [1.54, 1.807) is 0 Å². The Labute approximate surface area is 93.0 Å². The van der Waals surface area contributed by atoms with Gasteiger partial charge in [0.2, 0.25) is 0 Å². The van der Waals surface area contributed by atoms with Gasteiger partial charge in [-0.25, -0.2) is 0 Å². The second-order valence-electron chi connectivity index (χ2n) is 2.57. The summed E-state index contributed by atoms with van der Waals surface area (Å²) in [6.07, 6.45) is 0. The molecule has 0 aliphatic rings.